The van der Waals surface area contributed by atoms with Crippen LogP contribution in [0.2, 0.25) is 0 Å². The number of amides is 1. The van der Waals surface area contributed by atoms with E-state index in [9.17, 15) is 4.79 Å². The maximum atomic E-state index is 12.3. The van der Waals surface area contributed by atoms with Crippen molar-refractivity contribution in [2.24, 2.45) is 11.8 Å². The summed E-state index contributed by atoms with van der Waals surface area (Å²) in [6.07, 6.45) is 4.91. The highest BCUT2D eigenvalue weighted by molar-refractivity contribution is 5.75. The molecule has 8 heteroatoms. The predicted octanol–water partition coefficient (Wildman–Crippen LogP) is 2.32. The molecule has 3 heterocycles. The van der Waals surface area contributed by atoms with Crippen molar-refractivity contribution in [3.05, 3.63) is 41.7 Å². The molecule has 8 nitrogen and oxygen atoms in total. The van der Waals surface area contributed by atoms with Gasteiger partial charge in [-0.05, 0) is 73.1 Å². The van der Waals surface area contributed by atoms with E-state index in [-0.39, 0.29) is 5.91 Å². The second-order valence-corrected chi connectivity index (χ2v) is 9.56. The second kappa shape index (κ2) is 11.5. The maximum absolute atomic E-state index is 12.3. The molecule has 2 aliphatic rings. The van der Waals surface area contributed by atoms with Gasteiger partial charge in [-0.3, -0.25) is 14.6 Å². The number of rotatable bonds is 10. The molecule has 2 fully saturated rings. The van der Waals surface area contributed by atoms with Crippen LogP contribution in [-0.4, -0.2) is 68.6 Å². The Morgan fingerprint density at radius 2 is 1.84 bits per heavy atom. The van der Waals surface area contributed by atoms with Crippen molar-refractivity contribution >= 4 is 5.91 Å². The number of aryl methyl sites for hydroxylation is 1. The first-order chi connectivity index (χ1) is 15.7. The Morgan fingerprint density at radius 3 is 2.66 bits per heavy atom. The van der Waals surface area contributed by atoms with Crippen molar-refractivity contribution in [2.45, 2.75) is 58.7 Å². The molecule has 0 aliphatic carbocycles. The van der Waals surface area contributed by atoms with Crippen molar-refractivity contribution in [1.82, 2.24) is 35.3 Å². The van der Waals surface area contributed by atoms with E-state index in [1.807, 2.05) is 4.68 Å². The summed E-state index contributed by atoms with van der Waals surface area (Å²) < 4.78 is 1.86. The normalized spacial score (nSPS) is 20.6. The van der Waals surface area contributed by atoms with Gasteiger partial charge in [-0.15, -0.1) is 5.10 Å². The lowest BCUT2D eigenvalue weighted by molar-refractivity contribution is -0.121. The molecular weight excluding hydrogens is 402 g/mol. The van der Waals surface area contributed by atoms with Crippen LogP contribution in [0.25, 0.3) is 0 Å². The van der Waals surface area contributed by atoms with Gasteiger partial charge >= 0.3 is 0 Å². The number of benzene rings is 1. The molecule has 1 unspecified atom stereocenters. The van der Waals surface area contributed by atoms with Crippen LogP contribution in [0.15, 0.2) is 30.3 Å². The Labute approximate surface area is 191 Å². The number of aromatic nitrogens is 4. The summed E-state index contributed by atoms with van der Waals surface area (Å²) in [5.41, 5.74) is 1.36. The minimum atomic E-state index is 0.131. The molecule has 32 heavy (non-hydrogen) atoms. The molecule has 2 aromatic rings. The van der Waals surface area contributed by atoms with Crippen LogP contribution < -0.4 is 5.32 Å². The van der Waals surface area contributed by atoms with Gasteiger partial charge < -0.3 is 5.32 Å². The molecule has 0 saturated carbocycles. The van der Waals surface area contributed by atoms with E-state index >= 15 is 0 Å². The van der Waals surface area contributed by atoms with Gasteiger partial charge in [0.1, 0.15) is 0 Å². The fraction of sp³-hybridized carbons (Fsp3) is 0.667. The number of nitrogens with one attached hydrogen (secondary N) is 1. The van der Waals surface area contributed by atoms with Crippen molar-refractivity contribution in [3.63, 3.8) is 0 Å². The predicted molar refractivity (Wildman–Crippen MR) is 124 cm³/mol. The molecule has 0 spiro atoms. The van der Waals surface area contributed by atoms with E-state index in [4.69, 9.17) is 0 Å². The van der Waals surface area contributed by atoms with E-state index in [0.29, 0.717) is 18.9 Å². The molecule has 4 rings (SSSR count). The van der Waals surface area contributed by atoms with Crippen LogP contribution in [0, 0.1) is 11.8 Å². The molecule has 174 valence electrons. The molecule has 0 radical (unpaired) electrons. The van der Waals surface area contributed by atoms with Crippen molar-refractivity contribution in [2.75, 3.05) is 32.7 Å². The highest BCUT2D eigenvalue weighted by atomic mass is 16.1. The third-order valence-corrected chi connectivity index (χ3v) is 6.83. The highest BCUT2D eigenvalue weighted by Crippen LogP contribution is 2.19. The second-order valence-electron chi connectivity index (χ2n) is 9.56. The van der Waals surface area contributed by atoms with E-state index in [1.54, 1.807) is 0 Å². The molecule has 1 N–H and O–H groups in total. The zero-order chi connectivity index (χ0) is 22.2. The maximum Gasteiger partial charge on any atom is 0.220 e. The molecule has 1 amide bonds. The first kappa shape index (κ1) is 22.9. The third-order valence-electron chi connectivity index (χ3n) is 6.83. The molecule has 1 aromatic heterocycles. The number of carbonyl (C=O) groups is 1. The summed E-state index contributed by atoms with van der Waals surface area (Å²) in [5, 5.41) is 15.3. The van der Waals surface area contributed by atoms with Gasteiger partial charge in [-0.25, -0.2) is 4.68 Å². The van der Waals surface area contributed by atoms with E-state index in [2.05, 4.69) is 67.9 Å². The molecule has 2 aliphatic heterocycles. The molecule has 1 atom stereocenters. The molecular formula is C24H37N7O. The Morgan fingerprint density at radius 1 is 1.06 bits per heavy atom. The summed E-state index contributed by atoms with van der Waals surface area (Å²) in [7, 11) is 0. The average Bonchev–Trinajstić information content (AvgIpc) is 3.44. The largest absolute Gasteiger partial charge is 0.356 e. The zero-order valence-electron chi connectivity index (χ0n) is 19.3. The van der Waals surface area contributed by atoms with Crippen LogP contribution in [0.3, 0.4) is 0 Å². The fourth-order valence-corrected chi connectivity index (χ4v) is 4.73. The minimum Gasteiger partial charge on any atom is -0.356 e. The van der Waals surface area contributed by atoms with Gasteiger partial charge in [0.2, 0.25) is 5.91 Å². The van der Waals surface area contributed by atoms with Crippen molar-refractivity contribution in [3.8, 4) is 0 Å². The highest BCUT2D eigenvalue weighted by Gasteiger charge is 2.23. The molecule has 0 bridgehead atoms. The van der Waals surface area contributed by atoms with Gasteiger partial charge in [0.15, 0.2) is 5.82 Å². The Bertz CT molecular complexity index is 832. The first-order valence-electron chi connectivity index (χ1n) is 12.2. The Kier molecular flexibility index (Phi) is 8.23. The summed E-state index contributed by atoms with van der Waals surface area (Å²) in [4.78, 5) is 17.2. The lowest BCUT2D eigenvalue weighted by atomic mass is 9.99. The van der Waals surface area contributed by atoms with Crippen LogP contribution in [-0.2, 0) is 24.4 Å². The lowest BCUT2D eigenvalue weighted by Crippen LogP contribution is -2.33. The number of nitrogens with zero attached hydrogens (tertiary/aromatic N) is 6. The number of likely N-dealkylation sites (tertiary alicyclic amines) is 2. The average molecular weight is 440 g/mol. The van der Waals surface area contributed by atoms with Gasteiger partial charge in [-0.2, -0.15) is 0 Å². The smallest absolute Gasteiger partial charge is 0.220 e. The Hall–Kier alpha value is -2.32. The Balaban J connectivity index is 1.11. The minimum absolute atomic E-state index is 0.131. The number of hydrogen-bond donors (Lipinski definition) is 1. The third kappa shape index (κ3) is 6.84. The van der Waals surface area contributed by atoms with Crippen LogP contribution in [0.1, 0.15) is 50.4 Å². The summed E-state index contributed by atoms with van der Waals surface area (Å²) >= 11 is 0. The van der Waals surface area contributed by atoms with E-state index in [1.165, 1.54) is 18.4 Å². The summed E-state index contributed by atoms with van der Waals surface area (Å²) in [6, 6.07) is 10.6. The SMILES string of the molecule is CC1CCN(Cc2nnnn2CCCC(=O)NCC2CCN(Cc3ccccc3)C2)CC1. The summed E-state index contributed by atoms with van der Waals surface area (Å²) in [5.74, 6) is 2.40. The van der Waals surface area contributed by atoms with E-state index < -0.39 is 0 Å². The number of piperidine rings is 1. The monoisotopic (exact) mass is 439 g/mol. The van der Waals surface area contributed by atoms with Gasteiger partial charge in [0, 0.05) is 32.6 Å². The quantitative estimate of drug-likeness (QED) is 0.612. The van der Waals surface area contributed by atoms with Gasteiger partial charge in [0.05, 0.1) is 6.54 Å². The number of hydrogen-bond acceptors (Lipinski definition) is 6. The first-order valence-corrected chi connectivity index (χ1v) is 12.2. The zero-order valence-corrected chi connectivity index (χ0v) is 19.3. The molecule has 2 saturated heterocycles. The van der Waals surface area contributed by atoms with Gasteiger partial charge in [-0.1, -0.05) is 37.3 Å². The van der Waals surface area contributed by atoms with Crippen molar-refractivity contribution < 1.29 is 4.79 Å². The number of tetrazole rings is 1. The standard InChI is InChI=1S/C24H37N7O/c1-20-9-13-29(14-10-20)19-23-26-27-28-31(23)12-5-8-24(32)25-16-22-11-15-30(18-22)17-21-6-3-2-4-7-21/h2-4,6-7,20,22H,5,8-19H2,1H3,(H,25,32). The topological polar surface area (TPSA) is 79.2 Å². The summed E-state index contributed by atoms with van der Waals surface area (Å²) in [6.45, 7) is 9.96. The molecule has 1 aromatic carbocycles. The fourth-order valence-electron chi connectivity index (χ4n) is 4.73. The lowest BCUT2D eigenvalue weighted by Gasteiger charge is -2.29. The van der Waals surface area contributed by atoms with Crippen LogP contribution >= 0.6 is 0 Å². The van der Waals surface area contributed by atoms with E-state index in [0.717, 1.165) is 70.4 Å². The van der Waals surface area contributed by atoms with Crippen LogP contribution in [0.4, 0.5) is 0 Å². The number of carbonyl (C=O) groups excluding carboxylic acids is 1. The van der Waals surface area contributed by atoms with Gasteiger partial charge in [0.25, 0.3) is 0 Å². The van der Waals surface area contributed by atoms with Crippen molar-refractivity contribution in [1.29, 1.82) is 0 Å². The van der Waals surface area contributed by atoms with Crippen LogP contribution in [0.5, 0.6) is 0 Å².